The van der Waals surface area contributed by atoms with Gasteiger partial charge in [0.15, 0.2) is 0 Å². The van der Waals surface area contributed by atoms with E-state index in [4.69, 9.17) is 0 Å². The van der Waals surface area contributed by atoms with Crippen LogP contribution in [0, 0.1) is 0 Å². The fourth-order valence-electron chi connectivity index (χ4n) is 2.39. The number of carbonyl (C=O) groups is 1. The van der Waals surface area contributed by atoms with Crippen molar-refractivity contribution < 1.29 is 18.0 Å². The molecule has 140 valence electrons. The second-order valence-electron chi connectivity index (χ2n) is 5.72. The van der Waals surface area contributed by atoms with E-state index >= 15 is 0 Å². The van der Waals surface area contributed by atoms with Crippen molar-refractivity contribution in [2.45, 2.75) is 19.1 Å². The Labute approximate surface area is 156 Å². The third-order valence-corrected chi connectivity index (χ3v) is 4.69. The van der Waals surface area contributed by atoms with Crippen LogP contribution in [0.3, 0.4) is 0 Å². The number of thiophene rings is 1. The van der Waals surface area contributed by atoms with Crippen LogP contribution in [-0.2, 0) is 11.0 Å². The third kappa shape index (κ3) is 4.25. The Morgan fingerprint density at radius 1 is 1.19 bits per heavy atom. The molecule has 9 heteroatoms. The van der Waals surface area contributed by atoms with E-state index in [2.05, 4.69) is 10.4 Å². The number of rotatable bonds is 4. The van der Waals surface area contributed by atoms with Gasteiger partial charge in [-0.1, -0.05) is 12.1 Å². The van der Waals surface area contributed by atoms with Crippen molar-refractivity contribution >= 4 is 22.9 Å². The van der Waals surface area contributed by atoms with Crippen molar-refractivity contribution in [3.05, 3.63) is 69.8 Å². The average Bonchev–Trinajstić information content (AvgIpc) is 3.15. The van der Waals surface area contributed by atoms with Gasteiger partial charge in [-0.05, 0) is 42.6 Å². The minimum atomic E-state index is -4.51. The Morgan fingerprint density at radius 2 is 1.96 bits per heavy atom. The van der Waals surface area contributed by atoms with Gasteiger partial charge in [-0.25, -0.2) is 4.68 Å². The summed E-state index contributed by atoms with van der Waals surface area (Å²) in [4.78, 5) is 25.4. The van der Waals surface area contributed by atoms with Gasteiger partial charge in [-0.2, -0.15) is 18.3 Å². The van der Waals surface area contributed by atoms with E-state index in [9.17, 15) is 22.8 Å². The second-order valence-corrected chi connectivity index (χ2v) is 6.67. The lowest BCUT2D eigenvalue weighted by Gasteiger charge is -2.15. The molecule has 1 unspecified atom stereocenters. The monoisotopic (exact) mass is 393 g/mol. The standard InChI is InChI=1S/C18H14F3N3O2S/c1-11(17(26)22-13-5-2-4-12(10-13)18(19,20)21)24-16(25)8-7-14(23-24)15-6-3-9-27-15/h2-11H,1H3,(H,22,26). The molecule has 0 fully saturated rings. The molecule has 1 aromatic carbocycles. The summed E-state index contributed by atoms with van der Waals surface area (Å²) < 4.78 is 39.4. The lowest BCUT2D eigenvalue weighted by Crippen LogP contribution is -2.33. The first-order chi connectivity index (χ1) is 12.8. The molecule has 0 aliphatic carbocycles. The molecule has 0 bridgehead atoms. The van der Waals surface area contributed by atoms with Crippen molar-refractivity contribution in [1.29, 1.82) is 0 Å². The minimum absolute atomic E-state index is 0.0101. The summed E-state index contributed by atoms with van der Waals surface area (Å²) in [6, 6.07) is 9.81. The zero-order chi connectivity index (χ0) is 19.6. The van der Waals surface area contributed by atoms with Crippen LogP contribution in [0.25, 0.3) is 10.6 Å². The van der Waals surface area contributed by atoms with Gasteiger partial charge in [0.2, 0.25) is 5.91 Å². The molecule has 0 saturated heterocycles. The topological polar surface area (TPSA) is 64.0 Å². The average molecular weight is 393 g/mol. The lowest BCUT2D eigenvalue weighted by molar-refractivity contribution is -0.137. The van der Waals surface area contributed by atoms with Crippen molar-refractivity contribution in [2.24, 2.45) is 0 Å². The van der Waals surface area contributed by atoms with Crippen LogP contribution in [0.4, 0.5) is 18.9 Å². The number of amides is 1. The van der Waals surface area contributed by atoms with Gasteiger partial charge in [0.05, 0.1) is 10.4 Å². The molecule has 2 aromatic heterocycles. The van der Waals surface area contributed by atoms with Gasteiger partial charge in [0, 0.05) is 11.8 Å². The lowest BCUT2D eigenvalue weighted by atomic mass is 10.2. The van der Waals surface area contributed by atoms with Crippen LogP contribution >= 0.6 is 11.3 Å². The molecule has 1 atom stereocenters. The maximum atomic E-state index is 12.8. The van der Waals surface area contributed by atoms with Crippen LogP contribution in [0.2, 0.25) is 0 Å². The largest absolute Gasteiger partial charge is 0.416 e. The Hall–Kier alpha value is -2.94. The Bertz CT molecular complexity index is 1010. The second kappa shape index (κ2) is 7.36. The Morgan fingerprint density at radius 3 is 2.63 bits per heavy atom. The number of halogens is 3. The van der Waals surface area contributed by atoms with E-state index < -0.39 is 29.2 Å². The molecule has 0 spiro atoms. The number of aromatic nitrogens is 2. The molecule has 5 nitrogen and oxygen atoms in total. The maximum Gasteiger partial charge on any atom is 0.416 e. The molecule has 1 N–H and O–H groups in total. The number of carbonyl (C=O) groups excluding carboxylic acids is 1. The van der Waals surface area contributed by atoms with E-state index in [0.717, 1.165) is 21.7 Å². The molecule has 0 radical (unpaired) electrons. The molecule has 0 aliphatic heterocycles. The zero-order valence-corrected chi connectivity index (χ0v) is 14.8. The van der Waals surface area contributed by atoms with E-state index in [-0.39, 0.29) is 5.69 Å². The van der Waals surface area contributed by atoms with Crippen molar-refractivity contribution in [1.82, 2.24) is 9.78 Å². The smallest absolute Gasteiger partial charge is 0.324 e. The highest BCUT2D eigenvalue weighted by molar-refractivity contribution is 7.13. The van der Waals surface area contributed by atoms with Gasteiger partial charge in [0.1, 0.15) is 11.7 Å². The summed E-state index contributed by atoms with van der Waals surface area (Å²) >= 11 is 1.43. The van der Waals surface area contributed by atoms with Gasteiger partial charge < -0.3 is 5.32 Å². The van der Waals surface area contributed by atoms with E-state index in [1.807, 2.05) is 17.5 Å². The van der Waals surface area contributed by atoms with Gasteiger partial charge in [-0.15, -0.1) is 11.3 Å². The van der Waals surface area contributed by atoms with Crippen LogP contribution in [-0.4, -0.2) is 15.7 Å². The molecule has 0 saturated carbocycles. The molecule has 2 heterocycles. The highest BCUT2D eigenvalue weighted by Crippen LogP contribution is 2.30. The Balaban J connectivity index is 1.84. The van der Waals surface area contributed by atoms with Gasteiger partial charge in [0.25, 0.3) is 5.56 Å². The minimum Gasteiger partial charge on any atom is -0.324 e. The van der Waals surface area contributed by atoms with E-state index in [0.29, 0.717) is 5.69 Å². The summed E-state index contributed by atoms with van der Waals surface area (Å²) in [6.07, 6.45) is -4.51. The zero-order valence-electron chi connectivity index (χ0n) is 14.0. The highest BCUT2D eigenvalue weighted by Gasteiger charge is 2.30. The van der Waals surface area contributed by atoms with Crippen LogP contribution in [0.15, 0.2) is 58.7 Å². The van der Waals surface area contributed by atoms with Gasteiger partial charge in [-0.3, -0.25) is 9.59 Å². The highest BCUT2D eigenvalue weighted by atomic mass is 32.1. The number of hydrogen-bond donors (Lipinski definition) is 1. The van der Waals surface area contributed by atoms with Crippen molar-refractivity contribution in [3.63, 3.8) is 0 Å². The number of hydrogen-bond acceptors (Lipinski definition) is 4. The van der Waals surface area contributed by atoms with E-state index in [1.165, 1.54) is 36.5 Å². The predicted molar refractivity (Wildman–Crippen MR) is 96.6 cm³/mol. The molecule has 3 aromatic rings. The maximum absolute atomic E-state index is 12.8. The number of nitrogens with zero attached hydrogens (tertiary/aromatic N) is 2. The summed E-state index contributed by atoms with van der Waals surface area (Å²) in [5, 5.41) is 8.46. The summed E-state index contributed by atoms with van der Waals surface area (Å²) in [6.45, 7) is 1.45. The SMILES string of the molecule is CC(C(=O)Nc1cccc(C(F)(F)F)c1)n1nc(-c2cccs2)ccc1=O. The first kappa shape index (κ1) is 18.8. The van der Waals surface area contributed by atoms with Crippen molar-refractivity contribution in [2.75, 3.05) is 5.32 Å². The Kier molecular flexibility index (Phi) is 5.13. The van der Waals surface area contributed by atoms with Gasteiger partial charge >= 0.3 is 6.18 Å². The van der Waals surface area contributed by atoms with E-state index in [1.54, 1.807) is 6.07 Å². The third-order valence-electron chi connectivity index (χ3n) is 3.80. The molecule has 1 amide bonds. The number of alkyl halides is 3. The molecular formula is C18H14F3N3O2S. The fraction of sp³-hybridized carbons (Fsp3) is 0.167. The van der Waals surface area contributed by atoms with Crippen LogP contribution in [0.5, 0.6) is 0 Å². The predicted octanol–water partition coefficient (Wildman–Crippen LogP) is 4.19. The summed E-state index contributed by atoms with van der Waals surface area (Å²) in [5.41, 5.74) is -0.836. The first-order valence-electron chi connectivity index (χ1n) is 7.87. The number of benzene rings is 1. The molecular weight excluding hydrogens is 379 g/mol. The number of nitrogens with one attached hydrogen (secondary N) is 1. The molecule has 27 heavy (non-hydrogen) atoms. The normalized spacial score (nSPS) is 12.6. The summed E-state index contributed by atoms with van der Waals surface area (Å²) in [7, 11) is 0. The molecule has 0 aliphatic rings. The quantitative estimate of drug-likeness (QED) is 0.723. The number of anilines is 1. The summed E-state index contributed by atoms with van der Waals surface area (Å²) in [5.74, 6) is -0.646. The van der Waals surface area contributed by atoms with Crippen LogP contribution in [0.1, 0.15) is 18.5 Å². The molecule has 3 rings (SSSR count). The van der Waals surface area contributed by atoms with Crippen molar-refractivity contribution in [3.8, 4) is 10.6 Å². The first-order valence-corrected chi connectivity index (χ1v) is 8.75. The van der Waals surface area contributed by atoms with Crippen LogP contribution < -0.4 is 10.9 Å². The fourth-order valence-corrected chi connectivity index (χ4v) is 3.08.